The third-order valence-corrected chi connectivity index (χ3v) is 6.60. The van der Waals surface area contributed by atoms with Crippen LogP contribution in [0.25, 0.3) is 27.6 Å². The molecule has 0 bridgehead atoms. The van der Waals surface area contributed by atoms with Crippen molar-refractivity contribution in [3.63, 3.8) is 0 Å². The van der Waals surface area contributed by atoms with Crippen molar-refractivity contribution in [3.8, 4) is 11.4 Å². The highest BCUT2D eigenvalue weighted by atomic mass is 32.2. The lowest BCUT2D eigenvalue weighted by atomic mass is 10.1. The van der Waals surface area contributed by atoms with Crippen LogP contribution in [-0.2, 0) is 4.79 Å². The zero-order chi connectivity index (χ0) is 24.5. The molecule has 0 aliphatic heterocycles. The van der Waals surface area contributed by atoms with E-state index in [1.807, 2.05) is 50.2 Å². The fourth-order valence-electron chi connectivity index (χ4n) is 4.17. The zero-order valence-electron chi connectivity index (χ0n) is 19.6. The molecule has 8 heteroatoms. The van der Waals surface area contributed by atoms with Crippen molar-refractivity contribution in [3.05, 3.63) is 88.2 Å². The Morgan fingerprint density at radius 2 is 1.77 bits per heavy atom. The molecule has 1 amide bonds. The lowest BCUT2D eigenvalue weighted by Gasteiger charge is -2.13. The molecule has 0 saturated carbocycles. The fourth-order valence-corrected chi connectivity index (χ4v) is 4.98. The third-order valence-electron chi connectivity index (χ3n) is 5.66. The van der Waals surface area contributed by atoms with E-state index in [0.29, 0.717) is 27.6 Å². The Kier molecular flexibility index (Phi) is 6.05. The first-order chi connectivity index (χ1) is 16.9. The molecule has 2 aromatic heterocycles. The number of hydrogen-bond acceptors (Lipinski definition) is 5. The van der Waals surface area contributed by atoms with E-state index in [-0.39, 0.29) is 17.2 Å². The van der Waals surface area contributed by atoms with Gasteiger partial charge in [-0.2, -0.15) is 0 Å². The van der Waals surface area contributed by atoms with Crippen LogP contribution in [0.2, 0.25) is 0 Å². The number of hydrogen-bond donors (Lipinski definition) is 2. The van der Waals surface area contributed by atoms with E-state index in [1.165, 1.54) is 16.3 Å². The number of thioether (sulfide) groups is 1. The molecule has 5 rings (SSSR count). The first kappa shape index (κ1) is 22.7. The van der Waals surface area contributed by atoms with E-state index < -0.39 is 0 Å². The zero-order valence-corrected chi connectivity index (χ0v) is 20.4. The molecule has 5 aromatic rings. The maximum Gasteiger partial charge on any atom is 0.283 e. The summed E-state index contributed by atoms with van der Waals surface area (Å²) < 4.78 is 6.79. The summed E-state index contributed by atoms with van der Waals surface area (Å²) in [5.41, 5.74) is 5.16. The minimum Gasteiger partial charge on any atom is -0.497 e. The van der Waals surface area contributed by atoms with E-state index in [0.717, 1.165) is 27.7 Å². The highest BCUT2D eigenvalue weighted by Crippen LogP contribution is 2.27. The molecule has 0 aliphatic rings. The Bertz CT molecular complexity index is 1600. The number of amides is 1. The number of carbonyl (C=O) groups is 1. The van der Waals surface area contributed by atoms with E-state index in [2.05, 4.69) is 16.4 Å². The van der Waals surface area contributed by atoms with Crippen molar-refractivity contribution in [1.82, 2.24) is 14.5 Å². The molecule has 0 spiro atoms. The summed E-state index contributed by atoms with van der Waals surface area (Å²) in [6, 6.07) is 20.8. The van der Waals surface area contributed by atoms with Crippen molar-refractivity contribution < 1.29 is 9.53 Å². The van der Waals surface area contributed by atoms with Gasteiger partial charge in [0.05, 0.1) is 18.6 Å². The lowest BCUT2D eigenvalue weighted by Crippen LogP contribution is -2.23. The van der Waals surface area contributed by atoms with Gasteiger partial charge < -0.3 is 15.0 Å². The van der Waals surface area contributed by atoms with Crippen LogP contribution in [-0.4, -0.2) is 33.3 Å². The molecule has 0 radical (unpaired) electrons. The molecule has 0 fully saturated rings. The van der Waals surface area contributed by atoms with Crippen LogP contribution in [0.5, 0.6) is 5.75 Å². The standard InChI is InChI=1S/C27H24N4O3S/c1-16-12-17(2)14-18(13-16)28-23(32)15-35-27-30-24-21-6-4-5-7-22(21)29-25(24)26(33)31(27)19-8-10-20(34-3)11-9-19/h4-14,29H,15H2,1-3H3,(H,28,32). The van der Waals surface area contributed by atoms with Gasteiger partial charge in [0.2, 0.25) is 5.91 Å². The van der Waals surface area contributed by atoms with Crippen LogP contribution in [0, 0.1) is 13.8 Å². The predicted molar refractivity (Wildman–Crippen MR) is 141 cm³/mol. The van der Waals surface area contributed by atoms with Gasteiger partial charge in [0.25, 0.3) is 5.56 Å². The van der Waals surface area contributed by atoms with Crippen LogP contribution in [0.15, 0.2) is 76.7 Å². The van der Waals surface area contributed by atoms with Crippen LogP contribution in [0.3, 0.4) is 0 Å². The van der Waals surface area contributed by atoms with Gasteiger partial charge in [0.1, 0.15) is 16.8 Å². The van der Waals surface area contributed by atoms with Crippen molar-refractivity contribution in [1.29, 1.82) is 0 Å². The van der Waals surface area contributed by atoms with Crippen LogP contribution in [0.1, 0.15) is 11.1 Å². The number of aryl methyl sites for hydroxylation is 2. The number of anilines is 1. The molecule has 176 valence electrons. The van der Waals surface area contributed by atoms with Crippen molar-refractivity contribution in [2.75, 3.05) is 18.2 Å². The number of H-pyrrole nitrogens is 1. The van der Waals surface area contributed by atoms with Gasteiger partial charge in [-0.1, -0.05) is 36.0 Å². The smallest absolute Gasteiger partial charge is 0.283 e. The molecule has 3 aromatic carbocycles. The van der Waals surface area contributed by atoms with Crippen LogP contribution >= 0.6 is 11.8 Å². The van der Waals surface area contributed by atoms with Gasteiger partial charge in [-0.25, -0.2) is 4.98 Å². The number of methoxy groups -OCH3 is 1. The van der Waals surface area contributed by atoms with Gasteiger partial charge in [-0.3, -0.25) is 14.2 Å². The predicted octanol–water partition coefficient (Wildman–Crippen LogP) is 5.22. The Labute approximate surface area is 206 Å². The van der Waals surface area contributed by atoms with Gasteiger partial charge in [-0.15, -0.1) is 0 Å². The molecule has 2 N–H and O–H groups in total. The highest BCUT2D eigenvalue weighted by molar-refractivity contribution is 7.99. The second kappa shape index (κ2) is 9.31. The quantitative estimate of drug-likeness (QED) is 0.255. The molecule has 0 unspecified atom stereocenters. The largest absolute Gasteiger partial charge is 0.497 e. The number of carbonyl (C=O) groups excluding carboxylic acids is 1. The lowest BCUT2D eigenvalue weighted by molar-refractivity contribution is -0.113. The topological polar surface area (TPSA) is 89.0 Å². The Morgan fingerprint density at radius 3 is 2.49 bits per heavy atom. The van der Waals surface area contributed by atoms with E-state index in [4.69, 9.17) is 9.72 Å². The molecule has 2 heterocycles. The highest BCUT2D eigenvalue weighted by Gasteiger charge is 2.18. The van der Waals surface area contributed by atoms with Crippen LogP contribution in [0.4, 0.5) is 5.69 Å². The first-order valence-corrected chi connectivity index (χ1v) is 12.1. The van der Waals surface area contributed by atoms with Gasteiger partial charge >= 0.3 is 0 Å². The number of ether oxygens (including phenoxy) is 1. The molecule has 0 atom stereocenters. The molecule has 35 heavy (non-hydrogen) atoms. The second-order valence-corrected chi connectivity index (χ2v) is 9.28. The number of benzene rings is 3. The molecule has 7 nitrogen and oxygen atoms in total. The second-order valence-electron chi connectivity index (χ2n) is 8.34. The summed E-state index contributed by atoms with van der Waals surface area (Å²) >= 11 is 1.22. The molecule has 0 aliphatic carbocycles. The SMILES string of the molecule is COc1ccc(-n2c(SCC(=O)Nc3cc(C)cc(C)c3)nc3c([nH]c4ccccc43)c2=O)cc1. The monoisotopic (exact) mass is 484 g/mol. The number of para-hydroxylation sites is 1. The van der Waals surface area contributed by atoms with Crippen molar-refractivity contribution >= 4 is 45.3 Å². The van der Waals surface area contributed by atoms with Gasteiger partial charge in [-0.05, 0) is 67.4 Å². The van der Waals surface area contributed by atoms with Crippen LogP contribution < -0.4 is 15.6 Å². The maximum atomic E-state index is 13.6. The van der Waals surface area contributed by atoms with E-state index >= 15 is 0 Å². The normalized spacial score (nSPS) is 11.2. The summed E-state index contributed by atoms with van der Waals surface area (Å²) in [5.74, 6) is 0.613. The molecular formula is C27H24N4O3S. The number of nitrogens with one attached hydrogen (secondary N) is 2. The minimum absolute atomic E-state index is 0.101. The summed E-state index contributed by atoms with van der Waals surface area (Å²) in [6.07, 6.45) is 0. The Morgan fingerprint density at radius 1 is 1.06 bits per heavy atom. The summed E-state index contributed by atoms with van der Waals surface area (Å²) in [6.45, 7) is 3.98. The molecule has 0 saturated heterocycles. The Balaban J connectivity index is 1.54. The summed E-state index contributed by atoms with van der Waals surface area (Å²) in [4.78, 5) is 34.5. The van der Waals surface area contributed by atoms with Gasteiger partial charge in [0.15, 0.2) is 5.16 Å². The average Bonchev–Trinajstić information content (AvgIpc) is 3.21. The number of nitrogens with zero attached hydrogens (tertiary/aromatic N) is 2. The van der Waals surface area contributed by atoms with E-state index in [1.54, 1.807) is 31.4 Å². The number of rotatable bonds is 6. The minimum atomic E-state index is -0.228. The fraction of sp³-hybridized carbons (Fsp3) is 0.148. The number of fused-ring (bicyclic) bond motifs is 3. The summed E-state index contributed by atoms with van der Waals surface area (Å²) in [7, 11) is 1.59. The number of aromatic amines is 1. The van der Waals surface area contributed by atoms with Crippen molar-refractivity contribution in [2.45, 2.75) is 19.0 Å². The molecular weight excluding hydrogens is 460 g/mol. The third kappa shape index (κ3) is 4.52. The van der Waals surface area contributed by atoms with Gasteiger partial charge in [0, 0.05) is 16.6 Å². The average molecular weight is 485 g/mol. The maximum absolute atomic E-state index is 13.6. The van der Waals surface area contributed by atoms with E-state index in [9.17, 15) is 9.59 Å². The summed E-state index contributed by atoms with van der Waals surface area (Å²) in [5, 5.41) is 4.25. The Hall–Kier alpha value is -4.04. The first-order valence-electron chi connectivity index (χ1n) is 11.1. The number of aromatic nitrogens is 3. The van der Waals surface area contributed by atoms with Crippen molar-refractivity contribution in [2.24, 2.45) is 0 Å².